The normalized spacial score (nSPS) is 29.2. The Morgan fingerprint density at radius 1 is 1.16 bits per heavy atom. The Morgan fingerprint density at radius 3 is 2.37 bits per heavy atom. The van der Waals surface area contributed by atoms with E-state index >= 15 is 0 Å². The first-order valence-corrected chi connectivity index (χ1v) is 7.90. The van der Waals surface area contributed by atoms with E-state index in [0.717, 1.165) is 28.8 Å². The predicted octanol–water partition coefficient (Wildman–Crippen LogP) is 4.94. The maximum atomic E-state index is 6.42. The Morgan fingerprint density at radius 2 is 1.79 bits per heavy atom. The third kappa shape index (κ3) is 4.11. The fourth-order valence-electron chi connectivity index (χ4n) is 3.47. The van der Waals surface area contributed by atoms with Gasteiger partial charge in [-0.25, -0.2) is 0 Å². The van der Waals surface area contributed by atoms with Gasteiger partial charge in [0.1, 0.15) is 0 Å². The molecule has 3 unspecified atom stereocenters. The molecule has 0 saturated heterocycles. The molecule has 0 aliphatic heterocycles. The van der Waals surface area contributed by atoms with Crippen LogP contribution in [0.3, 0.4) is 0 Å². The van der Waals surface area contributed by atoms with Gasteiger partial charge in [0.2, 0.25) is 0 Å². The van der Waals surface area contributed by atoms with Gasteiger partial charge in [0, 0.05) is 16.1 Å². The van der Waals surface area contributed by atoms with Crippen molar-refractivity contribution in [2.75, 3.05) is 0 Å². The predicted molar refractivity (Wildman–Crippen MR) is 83.8 cm³/mol. The largest absolute Gasteiger partial charge is 0.327 e. The van der Waals surface area contributed by atoms with Gasteiger partial charge in [0.15, 0.2) is 0 Å². The zero-order valence-corrected chi connectivity index (χ0v) is 13.2. The molecule has 1 saturated carbocycles. The van der Waals surface area contributed by atoms with Crippen LogP contribution in [0.15, 0.2) is 18.2 Å². The van der Waals surface area contributed by atoms with Crippen LogP contribution in [0.25, 0.3) is 0 Å². The van der Waals surface area contributed by atoms with Crippen molar-refractivity contribution < 1.29 is 0 Å². The number of nitrogens with two attached hydrogens (primary N) is 1. The standard InChI is InChI=1S/C16H23Cl2N/c1-10-5-11(2)7-13(6-10)16(19)8-12-3-4-14(17)9-15(12)18/h3-4,9-11,13,16H,5-8,19H2,1-2H3. The van der Waals surface area contributed by atoms with Crippen LogP contribution in [-0.2, 0) is 6.42 Å². The third-order valence-corrected chi connectivity index (χ3v) is 4.88. The van der Waals surface area contributed by atoms with E-state index < -0.39 is 0 Å². The molecule has 19 heavy (non-hydrogen) atoms. The minimum absolute atomic E-state index is 0.198. The van der Waals surface area contributed by atoms with E-state index in [0.29, 0.717) is 10.9 Å². The lowest BCUT2D eigenvalue weighted by Crippen LogP contribution is -2.37. The Hall–Kier alpha value is -0.240. The Kier molecular flexibility index (Phi) is 5.16. The summed E-state index contributed by atoms with van der Waals surface area (Å²) in [6, 6.07) is 5.89. The van der Waals surface area contributed by atoms with E-state index in [9.17, 15) is 0 Å². The van der Waals surface area contributed by atoms with Gasteiger partial charge < -0.3 is 5.73 Å². The maximum Gasteiger partial charge on any atom is 0.0453 e. The average molecular weight is 300 g/mol. The van der Waals surface area contributed by atoms with Crippen molar-refractivity contribution in [1.29, 1.82) is 0 Å². The fraction of sp³-hybridized carbons (Fsp3) is 0.625. The molecule has 3 atom stereocenters. The van der Waals surface area contributed by atoms with E-state index in [1.807, 2.05) is 12.1 Å². The lowest BCUT2D eigenvalue weighted by molar-refractivity contribution is 0.192. The van der Waals surface area contributed by atoms with Crippen LogP contribution in [0, 0.1) is 17.8 Å². The van der Waals surface area contributed by atoms with E-state index in [2.05, 4.69) is 13.8 Å². The molecular formula is C16H23Cl2N. The highest BCUT2D eigenvalue weighted by molar-refractivity contribution is 6.35. The van der Waals surface area contributed by atoms with Crippen LogP contribution < -0.4 is 5.73 Å². The van der Waals surface area contributed by atoms with E-state index in [1.165, 1.54) is 19.3 Å². The topological polar surface area (TPSA) is 26.0 Å². The molecule has 106 valence electrons. The lowest BCUT2D eigenvalue weighted by Gasteiger charge is -2.35. The van der Waals surface area contributed by atoms with E-state index in [1.54, 1.807) is 6.07 Å². The molecule has 0 spiro atoms. The molecule has 1 aromatic carbocycles. The van der Waals surface area contributed by atoms with Gasteiger partial charge in [0.25, 0.3) is 0 Å². The van der Waals surface area contributed by atoms with Crippen LogP contribution in [0.2, 0.25) is 10.0 Å². The SMILES string of the molecule is CC1CC(C)CC(C(N)Cc2ccc(Cl)cc2Cl)C1. The zero-order valence-electron chi connectivity index (χ0n) is 11.7. The molecule has 2 rings (SSSR count). The maximum absolute atomic E-state index is 6.42. The van der Waals surface area contributed by atoms with Gasteiger partial charge in [0.05, 0.1) is 0 Å². The van der Waals surface area contributed by atoms with Gasteiger partial charge in [-0.3, -0.25) is 0 Å². The molecule has 0 heterocycles. The average Bonchev–Trinajstić information content (AvgIpc) is 2.31. The minimum atomic E-state index is 0.198. The molecule has 2 N–H and O–H groups in total. The first-order valence-electron chi connectivity index (χ1n) is 7.15. The van der Waals surface area contributed by atoms with Gasteiger partial charge in [-0.15, -0.1) is 0 Å². The summed E-state index contributed by atoms with van der Waals surface area (Å²) in [6.07, 6.45) is 4.68. The van der Waals surface area contributed by atoms with Gasteiger partial charge in [-0.05, 0) is 61.1 Å². The number of rotatable bonds is 3. The van der Waals surface area contributed by atoms with Crippen LogP contribution in [0.4, 0.5) is 0 Å². The van der Waals surface area contributed by atoms with Crippen molar-refractivity contribution in [3.8, 4) is 0 Å². The van der Waals surface area contributed by atoms with Gasteiger partial charge >= 0.3 is 0 Å². The summed E-state index contributed by atoms with van der Waals surface area (Å²) in [5, 5.41) is 1.42. The van der Waals surface area contributed by atoms with Crippen molar-refractivity contribution in [2.24, 2.45) is 23.5 Å². The molecule has 0 bridgehead atoms. The first-order chi connectivity index (χ1) is 8.95. The second kappa shape index (κ2) is 6.47. The van der Waals surface area contributed by atoms with Crippen LogP contribution in [0.5, 0.6) is 0 Å². The number of benzene rings is 1. The van der Waals surface area contributed by atoms with Crippen LogP contribution >= 0.6 is 23.2 Å². The molecule has 3 heteroatoms. The summed E-state index contributed by atoms with van der Waals surface area (Å²) in [5.41, 5.74) is 7.54. The summed E-state index contributed by atoms with van der Waals surface area (Å²) in [4.78, 5) is 0. The fourth-order valence-corrected chi connectivity index (χ4v) is 3.95. The number of hydrogen-bond donors (Lipinski definition) is 1. The summed E-state index contributed by atoms with van der Waals surface area (Å²) in [6.45, 7) is 4.68. The molecular weight excluding hydrogens is 277 g/mol. The summed E-state index contributed by atoms with van der Waals surface area (Å²) >= 11 is 12.2. The highest BCUT2D eigenvalue weighted by Crippen LogP contribution is 2.35. The van der Waals surface area contributed by atoms with Crippen molar-refractivity contribution in [2.45, 2.75) is 45.6 Å². The highest BCUT2D eigenvalue weighted by atomic mass is 35.5. The second-order valence-electron chi connectivity index (χ2n) is 6.28. The van der Waals surface area contributed by atoms with Gasteiger partial charge in [-0.2, -0.15) is 0 Å². The first kappa shape index (κ1) is 15.2. The summed E-state index contributed by atoms with van der Waals surface area (Å²) in [7, 11) is 0. The molecule has 1 aliphatic rings. The van der Waals surface area contributed by atoms with Crippen molar-refractivity contribution in [3.05, 3.63) is 33.8 Å². The Bertz CT molecular complexity index is 423. The van der Waals surface area contributed by atoms with E-state index in [-0.39, 0.29) is 6.04 Å². The van der Waals surface area contributed by atoms with Crippen molar-refractivity contribution in [3.63, 3.8) is 0 Å². The highest BCUT2D eigenvalue weighted by Gasteiger charge is 2.28. The van der Waals surface area contributed by atoms with E-state index in [4.69, 9.17) is 28.9 Å². The molecule has 1 aliphatic carbocycles. The molecule has 1 fully saturated rings. The molecule has 0 amide bonds. The molecule has 0 aromatic heterocycles. The Balaban J connectivity index is 2.02. The summed E-state index contributed by atoms with van der Waals surface area (Å²) in [5.74, 6) is 2.20. The molecule has 0 radical (unpaired) electrons. The van der Waals surface area contributed by atoms with Crippen LogP contribution in [0.1, 0.15) is 38.7 Å². The smallest absolute Gasteiger partial charge is 0.0453 e. The monoisotopic (exact) mass is 299 g/mol. The second-order valence-corrected chi connectivity index (χ2v) is 7.12. The Labute approximate surface area is 126 Å². The van der Waals surface area contributed by atoms with Crippen molar-refractivity contribution >= 4 is 23.2 Å². The minimum Gasteiger partial charge on any atom is -0.327 e. The van der Waals surface area contributed by atoms with Gasteiger partial charge in [-0.1, -0.05) is 43.1 Å². The number of hydrogen-bond acceptors (Lipinski definition) is 1. The third-order valence-electron chi connectivity index (χ3n) is 4.29. The quantitative estimate of drug-likeness (QED) is 0.841. The molecule has 1 aromatic rings. The lowest BCUT2D eigenvalue weighted by atomic mass is 9.73. The zero-order chi connectivity index (χ0) is 14.0. The number of halogens is 2. The van der Waals surface area contributed by atoms with Crippen molar-refractivity contribution in [1.82, 2.24) is 0 Å². The molecule has 1 nitrogen and oxygen atoms in total. The van der Waals surface area contributed by atoms with Crippen LogP contribution in [-0.4, -0.2) is 6.04 Å². The summed E-state index contributed by atoms with van der Waals surface area (Å²) < 4.78 is 0.